The van der Waals surface area contributed by atoms with Gasteiger partial charge in [0.2, 0.25) is 0 Å². The zero-order valence-electron chi connectivity index (χ0n) is 14.3. The zero-order chi connectivity index (χ0) is 15.8. The highest BCUT2D eigenvalue weighted by molar-refractivity contribution is 7.96. The highest BCUT2D eigenvalue weighted by Crippen LogP contribution is 2.19. The van der Waals surface area contributed by atoms with E-state index in [1.54, 1.807) is 0 Å². The van der Waals surface area contributed by atoms with Gasteiger partial charge in [0, 0.05) is 38.4 Å². The van der Waals surface area contributed by atoms with E-state index in [2.05, 4.69) is 58.9 Å². The molecule has 0 radical (unpaired) electrons. The molecule has 1 aliphatic rings. The standard InChI is InChI=1S/C18H31N3S/c1-16(2)5-4-10-19-15-17-6-8-18(9-7-17)20-11-13-21(22-3)14-12-20/h6-9,16,19H,4-5,10-15H2,1-3H3. The van der Waals surface area contributed by atoms with Gasteiger partial charge in [0.05, 0.1) is 0 Å². The van der Waals surface area contributed by atoms with Gasteiger partial charge in [-0.25, -0.2) is 4.31 Å². The normalized spacial score (nSPS) is 16.5. The van der Waals surface area contributed by atoms with Crippen LogP contribution >= 0.6 is 11.9 Å². The first-order valence-electron chi connectivity index (χ1n) is 8.52. The van der Waals surface area contributed by atoms with Crippen molar-refractivity contribution in [1.29, 1.82) is 0 Å². The molecular weight excluding hydrogens is 290 g/mol. The Morgan fingerprint density at radius 1 is 1.09 bits per heavy atom. The van der Waals surface area contributed by atoms with Crippen LogP contribution in [-0.2, 0) is 6.54 Å². The van der Waals surface area contributed by atoms with E-state index in [0.29, 0.717) is 0 Å². The molecule has 1 fully saturated rings. The van der Waals surface area contributed by atoms with Crippen LogP contribution in [0.5, 0.6) is 0 Å². The van der Waals surface area contributed by atoms with E-state index in [4.69, 9.17) is 0 Å². The van der Waals surface area contributed by atoms with Crippen molar-refractivity contribution in [2.45, 2.75) is 33.2 Å². The number of hydrogen-bond acceptors (Lipinski definition) is 4. The van der Waals surface area contributed by atoms with E-state index in [0.717, 1.165) is 45.2 Å². The molecule has 22 heavy (non-hydrogen) atoms. The molecule has 124 valence electrons. The van der Waals surface area contributed by atoms with Gasteiger partial charge in [-0.15, -0.1) is 0 Å². The van der Waals surface area contributed by atoms with E-state index in [-0.39, 0.29) is 0 Å². The van der Waals surface area contributed by atoms with Crippen molar-refractivity contribution in [3.8, 4) is 0 Å². The Labute approximate surface area is 140 Å². The first-order valence-corrected chi connectivity index (χ1v) is 9.71. The van der Waals surface area contributed by atoms with Crippen LogP contribution in [0.2, 0.25) is 0 Å². The summed E-state index contributed by atoms with van der Waals surface area (Å²) in [5.41, 5.74) is 2.75. The molecule has 3 nitrogen and oxygen atoms in total. The molecule has 2 rings (SSSR count). The van der Waals surface area contributed by atoms with Gasteiger partial charge >= 0.3 is 0 Å². The summed E-state index contributed by atoms with van der Waals surface area (Å²) in [6.45, 7) is 11.3. The lowest BCUT2D eigenvalue weighted by molar-refractivity contribution is 0.431. The van der Waals surface area contributed by atoms with Gasteiger partial charge in [-0.1, -0.05) is 37.9 Å². The Morgan fingerprint density at radius 3 is 2.36 bits per heavy atom. The van der Waals surface area contributed by atoms with Crippen LogP contribution < -0.4 is 10.2 Å². The molecule has 1 aliphatic heterocycles. The van der Waals surface area contributed by atoms with Crippen molar-refractivity contribution >= 4 is 17.6 Å². The third-order valence-electron chi connectivity index (χ3n) is 4.26. The summed E-state index contributed by atoms with van der Waals surface area (Å²) in [4.78, 5) is 2.49. The van der Waals surface area contributed by atoms with Crippen molar-refractivity contribution in [1.82, 2.24) is 9.62 Å². The summed E-state index contributed by atoms with van der Waals surface area (Å²) >= 11 is 1.86. The predicted molar refractivity (Wildman–Crippen MR) is 99.5 cm³/mol. The number of nitrogens with one attached hydrogen (secondary N) is 1. The number of benzene rings is 1. The molecule has 1 heterocycles. The molecule has 0 bridgehead atoms. The highest BCUT2D eigenvalue weighted by Gasteiger charge is 2.16. The van der Waals surface area contributed by atoms with Crippen molar-refractivity contribution < 1.29 is 0 Å². The minimum absolute atomic E-state index is 0.813. The summed E-state index contributed by atoms with van der Waals surface area (Å²) in [6, 6.07) is 9.09. The number of anilines is 1. The second-order valence-electron chi connectivity index (χ2n) is 6.48. The molecule has 0 amide bonds. The molecule has 1 saturated heterocycles. The molecule has 0 aromatic heterocycles. The Balaban J connectivity index is 1.71. The third kappa shape index (κ3) is 5.82. The number of piperazine rings is 1. The van der Waals surface area contributed by atoms with Crippen molar-refractivity contribution in [3.05, 3.63) is 29.8 Å². The smallest absolute Gasteiger partial charge is 0.0367 e. The number of rotatable bonds is 8. The largest absolute Gasteiger partial charge is 0.369 e. The number of nitrogens with zero attached hydrogens (tertiary/aromatic N) is 2. The fourth-order valence-corrected chi connectivity index (χ4v) is 3.35. The Hall–Kier alpha value is -0.710. The Kier molecular flexibility index (Phi) is 7.56. The zero-order valence-corrected chi connectivity index (χ0v) is 15.2. The van der Waals surface area contributed by atoms with Gasteiger partial charge in [0.25, 0.3) is 0 Å². The fourth-order valence-electron chi connectivity index (χ4n) is 2.82. The van der Waals surface area contributed by atoms with Crippen molar-refractivity contribution in [2.24, 2.45) is 5.92 Å². The lowest BCUT2D eigenvalue weighted by Gasteiger charge is -2.34. The van der Waals surface area contributed by atoms with E-state index in [1.807, 2.05) is 11.9 Å². The molecular formula is C18H31N3S. The summed E-state index contributed by atoms with van der Waals surface area (Å²) in [6.07, 6.45) is 4.75. The van der Waals surface area contributed by atoms with E-state index in [9.17, 15) is 0 Å². The average molecular weight is 322 g/mol. The first-order chi connectivity index (χ1) is 10.7. The van der Waals surface area contributed by atoms with Gasteiger partial charge in [-0.3, -0.25) is 0 Å². The minimum Gasteiger partial charge on any atom is -0.369 e. The maximum atomic E-state index is 3.55. The highest BCUT2D eigenvalue weighted by atomic mass is 32.2. The Morgan fingerprint density at radius 2 is 1.77 bits per heavy atom. The van der Waals surface area contributed by atoms with E-state index >= 15 is 0 Å². The molecule has 4 heteroatoms. The van der Waals surface area contributed by atoms with E-state index in [1.165, 1.54) is 24.1 Å². The van der Waals surface area contributed by atoms with Crippen LogP contribution in [0.15, 0.2) is 24.3 Å². The van der Waals surface area contributed by atoms with Crippen LogP contribution in [0.25, 0.3) is 0 Å². The quantitative estimate of drug-likeness (QED) is 0.582. The second kappa shape index (κ2) is 9.43. The molecule has 1 aromatic carbocycles. The molecule has 0 unspecified atom stereocenters. The van der Waals surface area contributed by atoms with Crippen LogP contribution in [0.1, 0.15) is 32.3 Å². The molecule has 0 atom stereocenters. The molecule has 1 aromatic rings. The summed E-state index contributed by atoms with van der Waals surface area (Å²) in [5, 5.41) is 3.55. The van der Waals surface area contributed by atoms with Crippen LogP contribution in [0.3, 0.4) is 0 Å². The third-order valence-corrected chi connectivity index (χ3v) is 5.14. The van der Waals surface area contributed by atoms with Gasteiger partial charge < -0.3 is 10.2 Å². The predicted octanol–water partition coefficient (Wildman–Crippen LogP) is 3.61. The number of hydrogen-bond donors (Lipinski definition) is 1. The molecule has 1 N–H and O–H groups in total. The second-order valence-corrected chi connectivity index (χ2v) is 7.36. The lowest BCUT2D eigenvalue weighted by Crippen LogP contribution is -2.43. The van der Waals surface area contributed by atoms with Gasteiger partial charge in [0.15, 0.2) is 0 Å². The average Bonchev–Trinajstić information content (AvgIpc) is 2.55. The SMILES string of the molecule is CSN1CCN(c2ccc(CNCCCC(C)C)cc2)CC1. The summed E-state index contributed by atoms with van der Waals surface area (Å²) in [5.74, 6) is 0.813. The molecule has 0 aliphatic carbocycles. The lowest BCUT2D eigenvalue weighted by atomic mass is 10.1. The van der Waals surface area contributed by atoms with Crippen LogP contribution in [0.4, 0.5) is 5.69 Å². The maximum Gasteiger partial charge on any atom is 0.0367 e. The molecule has 0 spiro atoms. The fraction of sp³-hybridized carbons (Fsp3) is 0.667. The summed E-state index contributed by atoms with van der Waals surface area (Å²) in [7, 11) is 0. The van der Waals surface area contributed by atoms with Gasteiger partial charge in [-0.2, -0.15) is 0 Å². The Bertz CT molecular complexity index is 411. The monoisotopic (exact) mass is 321 g/mol. The van der Waals surface area contributed by atoms with Crippen molar-refractivity contribution in [3.63, 3.8) is 0 Å². The van der Waals surface area contributed by atoms with Crippen molar-refractivity contribution in [2.75, 3.05) is 43.9 Å². The van der Waals surface area contributed by atoms with Gasteiger partial charge in [-0.05, 0) is 49.3 Å². The maximum absolute atomic E-state index is 3.55. The van der Waals surface area contributed by atoms with E-state index < -0.39 is 0 Å². The van der Waals surface area contributed by atoms with Crippen LogP contribution in [0, 0.1) is 5.92 Å². The summed E-state index contributed by atoms with van der Waals surface area (Å²) < 4.78 is 2.44. The topological polar surface area (TPSA) is 18.5 Å². The van der Waals surface area contributed by atoms with Gasteiger partial charge in [0.1, 0.15) is 0 Å². The minimum atomic E-state index is 0.813. The van der Waals surface area contributed by atoms with Crippen LogP contribution in [-0.4, -0.2) is 43.3 Å². The molecule has 0 saturated carbocycles. The first kappa shape index (κ1) is 17.6.